The molecule has 0 bridgehead atoms. The summed E-state index contributed by atoms with van der Waals surface area (Å²) in [6, 6.07) is 0. The van der Waals surface area contributed by atoms with E-state index in [0.717, 1.165) is 12.8 Å². The van der Waals surface area contributed by atoms with Gasteiger partial charge >= 0.3 is 0 Å². The van der Waals surface area contributed by atoms with E-state index in [1.54, 1.807) is 0 Å². The van der Waals surface area contributed by atoms with E-state index in [2.05, 4.69) is 154 Å². The van der Waals surface area contributed by atoms with Crippen molar-refractivity contribution >= 4 is 0 Å². The largest absolute Gasteiger partial charge is 0.393 e. The van der Waals surface area contributed by atoms with Gasteiger partial charge in [0.1, 0.15) is 16.8 Å². The number of fused-ring (bicyclic) bond motifs is 2. The van der Waals surface area contributed by atoms with Crippen LogP contribution in [0.5, 0.6) is 0 Å². The summed E-state index contributed by atoms with van der Waals surface area (Å²) in [5.41, 5.74) is 4.24. The second kappa shape index (κ2) is 12.1. The number of ether oxygens (including phenoxy) is 2. The zero-order chi connectivity index (χ0) is 31.7. The van der Waals surface area contributed by atoms with Gasteiger partial charge < -0.3 is 14.6 Å². The van der Waals surface area contributed by atoms with Gasteiger partial charge in [-0.1, -0.05) is 123 Å². The highest BCUT2D eigenvalue weighted by Crippen LogP contribution is 2.67. The van der Waals surface area contributed by atoms with Crippen LogP contribution >= 0.6 is 0 Å². The van der Waals surface area contributed by atoms with Crippen LogP contribution in [-0.4, -0.2) is 33.6 Å². The number of epoxide rings is 2. The summed E-state index contributed by atoms with van der Waals surface area (Å²) in [4.78, 5) is 0. The van der Waals surface area contributed by atoms with Crippen molar-refractivity contribution in [1.29, 1.82) is 0 Å². The van der Waals surface area contributed by atoms with Crippen molar-refractivity contribution in [3.05, 3.63) is 107 Å². The fourth-order valence-corrected chi connectivity index (χ4v) is 7.82. The molecule has 234 valence electrons. The predicted molar refractivity (Wildman–Crippen MR) is 182 cm³/mol. The number of hydrogen-bond donors (Lipinski definition) is 1. The van der Waals surface area contributed by atoms with Crippen LogP contribution < -0.4 is 0 Å². The van der Waals surface area contributed by atoms with E-state index in [1.165, 1.54) is 35.1 Å². The van der Waals surface area contributed by atoms with Gasteiger partial charge in [0.05, 0.1) is 11.7 Å². The Hall–Kier alpha value is -2.46. The second-order valence-electron chi connectivity index (χ2n) is 15.2. The first-order chi connectivity index (χ1) is 20.0. The first-order valence-corrected chi connectivity index (χ1v) is 16.2. The van der Waals surface area contributed by atoms with E-state index < -0.39 is 0 Å². The van der Waals surface area contributed by atoms with Gasteiger partial charge in [0.2, 0.25) is 0 Å². The molecule has 4 fully saturated rings. The monoisotopic (exact) mass is 584 g/mol. The summed E-state index contributed by atoms with van der Waals surface area (Å²) < 4.78 is 12.6. The normalized spacial score (nSPS) is 38.1. The molecule has 5 atom stereocenters. The zero-order valence-electron chi connectivity index (χ0n) is 28.5. The molecule has 0 spiro atoms. The van der Waals surface area contributed by atoms with E-state index in [4.69, 9.17) is 9.47 Å². The van der Waals surface area contributed by atoms with Crippen molar-refractivity contribution in [3.63, 3.8) is 0 Å². The number of allylic oxidation sites excluding steroid dienone is 16. The number of aliphatic hydroxyl groups is 1. The van der Waals surface area contributed by atoms with Crippen molar-refractivity contribution in [2.24, 2.45) is 10.8 Å². The molecule has 2 aliphatic heterocycles. The molecule has 0 amide bonds. The number of aliphatic hydroxyl groups excluding tert-OH is 1. The Balaban J connectivity index is 1.25. The molecule has 3 heteroatoms. The third-order valence-electron chi connectivity index (χ3n) is 10.5. The van der Waals surface area contributed by atoms with Crippen LogP contribution in [0.4, 0.5) is 0 Å². The Morgan fingerprint density at radius 3 is 1.49 bits per heavy atom. The lowest BCUT2D eigenvalue weighted by molar-refractivity contribution is 0.0515. The summed E-state index contributed by atoms with van der Waals surface area (Å²) in [6.07, 6.45) is 34.9. The molecule has 2 saturated heterocycles. The minimum atomic E-state index is -0.286. The van der Waals surface area contributed by atoms with E-state index in [-0.39, 0.29) is 39.3 Å². The van der Waals surface area contributed by atoms with Gasteiger partial charge in [-0.2, -0.15) is 0 Å². The molecule has 0 radical (unpaired) electrons. The minimum Gasteiger partial charge on any atom is -0.393 e. The molecule has 2 aliphatic carbocycles. The molecule has 0 aromatic carbocycles. The molecule has 43 heavy (non-hydrogen) atoms. The Bertz CT molecular complexity index is 1340. The average molecular weight is 585 g/mol. The van der Waals surface area contributed by atoms with Crippen LogP contribution in [0, 0.1) is 10.8 Å². The zero-order valence-corrected chi connectivity index (χ0v) is 28.5. The second-order valence-corrected chi connectivity index (χ2v) is 15.2. The first-order valence-electron chi connectivity index (χ1n) is 16.2. The predicted octanol–water partition coefficient (Wildman–Crippen LogP) is 10.00. The number of hydrogen-bond acceptors (Lipinski definition) is 3. The number of rotatable bonds is 10. The fourth-order valence-electron chi connectivity index (χ4n) is 7.82. The van der Waals surface area contributed by atoms with Crippen molar-refractivity contribution in [2.75, 3.05) is 0 Å². The highest BCUT2D eigenvalue weighted by atomic mass is 16.6. The van der Waals surface area contributed by atoms with Crippen LogP contribution in [0.1, 0.15) is 101 Å². The SMILES string of the molecule is CC(C=CC=C(C)C=CC12OC1(C)CCCC2(C)C)=CC=CC=C(C)C=CC=C(C)C=CC12OC1(C)CC(O)CC2(C)C. The van der Waals surface area contributed by atoms with Crippen LogP contribution in [0.3, 0.4) is 0 Å². The van der Waals surface area contributed by atoms with Crippen LogP contribution in [0.25, 0.3) is 0 Å². The molecule has 1 N–H and O–H groups in total. The lowest BCUT2D eigenvalue weighted by Gasteiger charge is -2.39. The Morgan fingerprint density at radius 1 is 0.558 bits per heavy atom. The van der Waals surface area contributed by atoms with Crippen molar-refractivity contribution in [2.45, 2.75) is 130 Å². The maximum Gasteiger partial charge on any atom is 0.121 e. The summed E-state index contributed by atoms with van der Waals surface area (Å²) in [5.74, 6) is 0. The molecule has 4 aliphatic rings. The standard InChI is InChI=1S/C40H56O3/c1-30(18-13-20-32(3)22-26-39-35(5,6)24-15-25-37(39,9)42-39)16-11-12-17-31(2)19-14-21-33(4)23-27-40-36(7,8)28-34(41)29-38(40,10)43-40/h11-14,16-23,26-27,34,41H,15,24-25,28-29H2,1-10H3. The van der Waals surface area contributed by atoms with E-state index >= 15 is 0 Å². The summed E-state index contributed by atoms with van der Waals surface area (Å²) in [5, 5.41) is 10.3. The summed E-state index contributed by atoms with van der Waals surface area (Å²) in [6.45, 7) is 22.0. The van der Waals surface area contributed by atoms with Gasteiger partial charge in [-0.3, -0.25) is 0 Å². The molecule has 4 rings (SSSR count). The van der Waals surface area contributed by atoms with E-state index in [1.807, 2.05) is 0 Å². The Kier molecular flexibility index (Phi) is 9.44. The highest BCUT2D eigenvalue weighted by molar-refractivity contribution is 5.38. The average Bonchev–Trinajstić information content (AvgIpc) is 3.74. The molecule has 2 saturated carbocycles. The summed E-state index contributed by atoms with van der Waals surface area (Å²) >= 11 is 0. The maximum atomic E-state index is 10.3. The lowest BCUT2D eigenvalue weighted by Crippen LogP contribution is -2.46. The van der Waals surface area contributed by atoms with Gasteiger partial charge in [-0.15, -0.1) is 0 Å². The molecule has 3 nitrogen and oxygen atoms in total. The Morgan fingerprint density at radius 2 is 1.00 bits per heavy atom. The quantitative estimate of drug-likeness (QED) is 0.205. The molecule has 2 heterocycles. The van der Waals surface area contributed by atoms with Crippen LogP contribution in [-0.2, 0) is 9.47 Å². The molecule has 5 unspecified atom stereocenters. The van der Waals surface area contributed by atoms with Crippen molar-refractivity contribution in [1.82, 2.24) is 0 Å². The van der Waals surface area contributed by atoms with E-state index in [0.29, 0.717) is 6.42 Å². The van der Waals surface area contributed by atoms with Crippen LogP contribution in [0.2, 0.25) is 0 Å². The minimum absolute atomic E-state index is 0.00957. The topological polar surface area (TPSA) is 45.3 Å². The van der Waals surface area contributed by atoms with Crippen molar-refractivity contribution < 1.29 is 14.6 Å². The third kappa shape index (κ3) is 6.80. The molecule has 0 aromatic heterocycles. The third-order valence-corrected chi connectivity index (χ3v) is 10.5. The van der Waals surface area contributed by atoms with Gasteiger partial charge in [0.15, 0.2) is 0 Å². The highest BCUT2D eigenvalue weighted by Gasteiger charge is 2.75. The smallest absolute Gasteiger partial charge is 0.121 e. The van der Waals surface area contributed by atoms with Gasteiger partial charge in [0, 0.05) is 17.3 Å². The van der Waals surface area contributed by atoms with E-state index in [9.17, 15) is 5.11 Å². The van der Waals surface area contributed by atoms with Gasteiger partial charge in [0.25, 0.3) is 0 Å². The fraction of sp³-hybridized carbons (Fsp3) is 0.550. The van der Waals surface area contributed by atoms with Gasteiger partial charge in [-0.25, -0.2) is 0 Å². The van der Waals surface area contributed by atoms with Gasteiger partial charge in [-0.05, 0) is 79.4 Å². The Labute approximate surface area is 262 Å². The first kappa shape index (κ1) is 33.4. The van der Waals surface area contributed by atoms with Crippen molar-refractivity contribution in [3.8, 4) is 0 Å². The molecular formula is C40H56O3. The molecule has 0 aromatic rings. The maximum absolute atomic E-state index is 10.3. The molecular weight excluding hydrogens is 528 g/mol. The summed E-state index contributed by atoms with van der Waals surface area (Å²) in [7, 11) is 0. The van der Waals surface area contributed by atoms with Crippen LogP contribution in [0.15, 0.2) is 107 Å². The lowest BCUT2D eigenvalue weighted by atomic mass is 9.63.